The molecule has 1 aromatic carbocycles. The molecule has 0 saturated heterocycles. The van der Waals surface area contributed by atoms with Crippen LogP contribution in [0.2, 0.25) is 0 Å². The van der Waals surface area contributed by atoms with E-state index in [0.29, 0.717) is 11.9 Å². The molecule has 2 rings (SSSR count). The summed E-state index contributed by atoms with van der Waals surface area (Å²) in [6.45, 7) is 1.75. The molecule has 1 aliphatic carbocycles. The van der Waals surface area contributed by atoms with Gasteiger partial charge in [-0.3, -0.25) is 4.18 Å². The van der Waals surface area contributed by atoms with E-state index >= 15 is 0 Å². The Morgan fingerprint density at radius 3 is 2.30 bits per heavy atom. The van der Waals surface area contributed by atoms with Crippen molar-refractivity contribution in [2.75, 3.05) is 12.9 Å². The SMILES string of the molecule is CC(COS(C)(=O)=O)Oc1ccc(OC2CCC2)cc1. The number of rotatable bonds is 7. The van der Waals surface area contributed by atoms with Crippen molar-refractivity contribution in [2.45, 2.75) is 38.4 Å². The normalized spacial score (nSPS) is 17.3. The lowest BCUT2D eigenvalue weighted by atomic mass is 9.96. The summed E-state index contributed by atoms with van der Waals surface area (Å²) >= 11 is 0. The Bertz CT molecular complexity index is 519. The van der Waals surface area contributed by atoms with Gasteiger partial charge >= 0.3 is 0 Å². The summed E-state index contributed by atoms with van der Waals surface area (Å²) in [6.07, 6.45) is 4.51. The van der Waals surface area contributed by atoms with Crippen LogP contribution in [0.1, 0.15) is 26.2 Å². The molecule has 5 nitrogen and oxygen atoms in total. The van der Waals surface area contributed by atoms with Crippen LogP contribution in [0, 0.1) is 0 Å². The fraction of sp³-hybridized carbons (Fsp3) is 0.571. The minimum atomic E-state index is -3.43. The zero-order valence-electron chi connectivity index (χ0n) is 11.7. The molecule has 1 fully saturated rings. The Hall–Kier alpha value is -1.27. The molecule has 0 aliphatic heterocycles. The topological polar surface area (TPSA) is 61.8 Å². The van der Waals surface area contributed by atoms with Gasteiger partial charge in [-0.1, -0.05) is 0 Å². The molecule has 0 heterocycles. The van der Waals surface area contributed by atoms with Gasteiger partial charge in [-0.25, -0.2) is 0 Å². The molecule has 1 atom stereocenters. The molecule has 112 valence electrons. The van der Waals surface area contributed by atoms with E-state index in [-0.39, 0.29) is 12.7 Å². The maximum absolute atomic E-state index is 10.9. The molecule has 1 unspecified atom stereocenters. The van der Waals surface area contributed by atoms with Crippen LogP contribution in [-0.4, -0.2) is 33.5 Å². The number of benzene rings is 1. The third-order valence-electron chi connectivity index (χ3n) is 3.03. The third-order valence-corrected chi connectivity index (χ3v) is 3.60. The zero-order chi connectivity index (χ0) is 14.6. The van der Waals surface area contributed by atoms with Crippen molar-refractivity contribution in [2.24, 2.45) is 0 Å². The van der Waals surface area contributed by atoms with Crippen molar-refractivity contribution < 1.29 is 22.1 Å². The van der Waals surface area contributed by atoms with Crippen LogP contribution in [0.15, 0.2) is 24.3 Å². The summed E-state index contributed by atoms with van der Waals surface area (Å²) in [5.74, 6) is 1.50. The van der Waals surface area contributed by atoms with E-state index in [0.717, 1.165) is 24.8 Å². The first-order chi connectivity index (χ1) is 9.42. The van der Waals surface area contributed by atoms with Gasteiger partial charge in [-0.15, -0.1) is 0 Å². The van der Waals surface area contributed by atoms with E-state index < -0.39 is 10.1 Å². The van der Waals surface area contributed by atoms with Crippen molar-refractivity contribution in [3.63, 3.8) is 0 Å². The number of ether oxygens (including phenoxy) is 2. The molecule has 1 saturated carbocycles. The van der Waals surface area contributed by atoms with E-state index in [4.69, 9.17) is 9.47 Å². The van der Waals surface area contributed by atoms with Crippen LogP contribution in [0.4, 0.5) is 0 Å². The molecule has 1 aromatic rings. The molecular formula is C14H20O5S. The first-order valence-electron chi connectivity index (χ1n) is 6.70. The van der Waals surface area contributed by atoms with Crippen molar-refractivity contribution in [3.05, 3.63) is 24.3 Å². The third kappa shape index (κ3) is 5.02. The summed E-state index contributed by atoms with van der Waals surface area (Å²) in [5.41, 5.74) is 0. The van der Waals surface area contributed by atoms with E-state index in [9.17, 15) is 8.42 Å². The van der Waals surface area contributed by atoms with Gasteiger partial charge in [0.05, 0.1) is 12.4 Å². The van der Waals surface area contributed by atoms with Crippen LogP contribution >= 0.6 is 0 Å². The first kappa shape index (κ1) is 15.1. The van der Waals surface area contributed by atoms with Crippen LogP contribution in [0.3, 0.4) is 0 Å². The lowest BCUT2D eigenvalue weighted by molar-refractivity contribution is 0.119. The Balaban J connectivity index is 1.80. The summed E-state index contributed by atoms with van der Waals surface area (Å²) in [7, 11) is -3.43. The molecule has 6 heteroatoms. The Kier molecular flexibility index (Phi) is 4.88. The Labute approximate surface area is 120 Å². The Morgan fingerprint density at radius 1 is 1.20 bits per heavy atom. The van der Waals surface area contributed by atoms with Gasteiger partial charge in [0.2, 0.25) is 0 Å². The smallest absolute Gasteiger partial charge is 0.264 e. The highest BCUT2D eigenvalue weighted by atomic mass is 32.2. The van der Waals surface area contributed by atoms with Gasteiger partial charge in [0, 0.05) is 0 Å². The first-order valence-corrected chi connectivity index (χ1v) is 8.52. The highest BCUT2D eigenvalue weighted by molar-refractivity contribution is 7.85. The van der Waals surface area contributed by atoms with Gasteiger partial charge in [-0.05, 0) is 50.5 Å². The molecule has 0 N–H and O–H groups in total. The van der Waals surface area contributed by atoms with Gasteiger partial charge < -0.3 is 9.47 Å². The van der Waals surface area contributed by atoms with Gasteiger partial charge in [0.25, 0.3) is 10.1 Å². The average molecular weight is 300 g/mol. The molecule has 0 spiro atoms. The maximum atomic E-state index is 10.9. The number of hydrogen-bond donors (Lipinski definition) is 0. The van der Waals surface area contributed by atoms with E-state index in [1.165, 1.54) is 6.42 Å². The second-order valence-electron chi connectivity index (χ2n) is 5.06. The van der Waals surface area contributed by atoms with Crippen LogP contribution in [0.25, 0.3) is 0 Å². The minimum Gasteiger partial charge on any atom is -0.490 e. The van der Waals surface area contributed by atoms with Crippen molar-refractivity contribution in [3.8, 4) is 11.5 Å². The van der Waals surface area contributed by atoms with Gasteiger partial charge in [0.1, 0.15) is 24.2 Å². The molecular weight excluding hydrogens is 280 g/mol. The largest absolute Gasteiger partial charge is 0.490 e. The standard InChI is InChI=1S/C14H20O5S/c1-11(10-17-20(2,15)16)18-13-6-8-14(9-7-13)19-12-4-3-5-12/h6-9,11-12H,3-5,10H2,1-2H3. The zero-order valence-corrected chi connectivity index (χ0v) is 12.6. The molecule has 0 amide bonds. The lowest BCUT2D eigenvalue weighted by Crippen LogP contribution is -2.24. The summed E-state index contributed by atoms with van der Waals surface area (Å²) < 4.78 is 37.7. The molecule has 0 radical (unpaired) electrons. The molecule has 0 bridgehead atoms. The molecule has 0 aromatic heterocycles. The second-order valence-corrected chi connectivity index (χ2v) is 6.70. The average Bonchev–Trinajstić information content (AvgIpc) is 2.32. The monoisotopic (exact) mass is 300 g/mol. The fourth-order valence-electron chi connectivity index (χ4n) is 1.76. The molecule has 20 heavy (non-hydrogen) atoms. The van der Waals surface area contributed by atoms with E-state index in [1.54, 1.807) is 6.92 Å². The minimum absolute atomic E-state index is 0.000834. The Morgan fingerprint density at radius 2 is 1.80 bits per heavy atom. The number of hydrogen-bond acceptors (Lipinski definition) is 5. The van der Waals surface area contributed by atoms with Crippen LogP contribution < -0.4 is 9.47 Å². The highest BCUT2D eigenvalue weighted by Crippen LogP contribution is 2.26. The van der Waals surface area contributed by atoms with Crippen molar-refractivity contribution in [1.82, 2.24) is 0 Å². The second kappa shape index (κ2) is 6.45. The van der Waals surface area contributed by atoms with E-state index in [1.807, 2.05) is 24.3 Å². The summed E-state index contributed by atoms with van der Waals surface area (Å²) in [5, 5.41) is 0. The van der Waals surface area contributed by atoms with Crippen molar-refractivity contribution >= 4 is 10.1 Å². The highest BCUT2D eigenvalue weighted by Gasteiger charge is 2.18. The summed E-state index contributed by atoms with van der Waals surface area (Å²) in [4.78, 5) is 0. The van der Waals surface area contributed by atoms with Crippen LogP contribution in [0.5, 0.6) is 11.5 Å². The summed E-state index contributed by atoms with van der Waals surface area (Å²) in [6, 6.07) is 7.34. The molecule has 1 aliphatic rings. The van der Waals surface area contributed by atoms with Crippen LogP contribution in [-0.2, 0) is 14.3 Å². The quantitative estimate of drug-likeness (QED) is 0.723. The fourth-order valence-corrected chi connectivity index (χ4v) is 2.20. The lowest BCUT2D eigenvalue weighted by Gasteiger charge is -2.26. The predicted molar refractivity (Wildman–Crippen MR) is 75.6 cm³/mol. The van der Waals surface area contributed by atoms with Crippen molar-refractivity contribution in [1.29, 1.82) is 0 Å². The van der Waals surface area contributed by atoms with Gasteiger partial charge in [-0.2, -0.15) is 8.42 Å². The van der Waals surface area contributed by atoms with E-state index in [2.05, 4.69) is 4.18 Å². The maximum Gasteiger partial charge on any atom is 0.264 e. The predicted octanol–water partition coefficient (Wildman–Crippen LogP) is 2.36. The van der Waals surface area contributed by atoms with Gasteiger partial charge in [0.15, 0.2) is 0 Å².